The fourth-order valence-corrected chi connectivity index (χ4v) is 3.53. The lowest BCUT2D eigenvalue weighted by Gasteiger charge is -2.38. The van der Waals surface area contributed by atoms with Gasteiger partial charge in [-0.2, -0.15) is 0 Å². The highest BCUT2D eigenvalue weighted by atomic mass is 19.1. The van der Waals surface area contributed by atoms with Crippen LogP contribution in [0.15, 0.2) is 60.8 Å². The van der Waals surface area contributed by atoms with Gasteiger partial charge in [-0.15, -0.1) is 0 Å². The highest BCUT2D eigenvalue weighted by molar-refractivity contribution is 5.80. The number of aliphatic hydroxyl groups excluding tert-OH is 1. The Balaban J connectivity index is 1.47. The van der Waals surface area contributed by atoms with Gasteiger partial charge in [0.2, 0.25) is 0 Å². The molecule has 1 aliphatic carbocycles. The molecule has 0 bridgehead atoms. The van der Waals surface area contributed by atoms with Crippen molar-refractivity contribution in [1.29, 1.82) is 0 Å². The third-order valence-corrected chi connectivity index (χ3v) is 5.09. The van der Waals surface area contributed by atoms with Gasteiger partial charge in [0.05, 0.1) is 17.7 Å². The number of para-hydroxylation sites is 1. The largest absolute Gasteiger partial charge is 0.484 e. The first-order valence-electron chi connectivity index (χ1n) is 9.29. The second-order valence-electron chi connectivity index (χ2n) is 7.13. The van der Waals surface area contributed by atoms with E-state index >= 15 is 0 Å². The van der Waals surface area contributed by atoms with Gasteiger partial charge >= 0.3 is 0 Å². The molecule has 5 nitrogen and oxygen atoms in total. The summed E-state index contributed by atoms with van der Waals surface area (Å²) in [6, 6.07) is 15.1. The van der Waals surface area contributed by atoms with Crippen LogP contribution < -0.4 is 10.1 Å². The molecule has 1 saturated carbocycles. The minimum atomic E-state index is -0.357. The molecule has 2 N–H and O–H groups in total. The van der Waals surface area contributed by atoms with Gasteiger partial charge in [-0.25, -0.2) is 4.39 Å². The number of carbonyl (C=O) groups is 1. The Kier molecular flexibility index (Phi) is 5.21. The molecule has 3 aromatic rings. The number of halogens is 1. The number of aliphatic hydroxyl groups is 1. The Morgan fingerprint density at radius 3 is 2.71 bits per heavy atom. The van der Waals surface area contributed by atoms with Crippen molar-refractivity contribution in [3.63, 3.8) is 0 Å². The monoisotopic (exact) mass is 380 g/mol. The van der Waals surface area contributed by atoms with E-state index in [4.69, 9.17) is 4.74 Å². The lowest BCUT2D eigenvalue weighted by atomic mass is 9.75. The molecule has 0 spiro atoms. The zero-order valence-electron chi connectivity index (χ0n) is 15.2. The van der Waals surface area contributed by atoms with Crippen molar-refractivity contribution in [3.8, 4) is 5.75 Å². The number of nitrogens with zero attached hydrogens (tertiary/aromatic N) is 1. The summed E-state index contributed by atoms with van der Waals surface area (Å²) >= 11 is 0. The van der Waals surface area contributed by atoms with Gasteiger partial charge in [0.15, 0.2) is 6.61 Å². The summed E-state index contributed by atoms with van der Waals surface area (Å²) in [4.78, 5) is 17.0. The molecule has 1 unspecified atom stereocenters. The number of hydrogen-bond donors (Lipinski definition) is 2. The average molecular weight is 380 g/mol. The molecule has 1 atom stereocenters. The number of hydrogen-bond acceptors (Lipinski definition) is 4. The van der Waals surface area contributed by atoms with Gasteiger partial charge in [0.1, 0.15) is 11.6 Å². The lowest BCUT2D eigenvalue weighted by molar-refractivity contribution is -0.125. The molecule has 6 heteroatoms. The van der Waals surface area contributed by atoms with Gasteiger partial charge in [-0.1, -0.05) is 18.2 Å². The molecular weight excluding hydrogens is 359 g/mol. The summed E-state index contributed by atoms with van der Waals surface area (Å²) in [5.41, 5.74) is 1.80. The second-order valence-corrected chi connectivity index (χ2v) is 7.13. The normalized spacial score (nSPS) is 19.6. The van der Waals surface area contributed by atoms with Gasteiger partial charge in [0.25, 0.3) is 5.91 Å². The summed E-state index contributed by atoms with van der Waals surface area (Å²) in [5, 5.41) is 13.7. The highest BCUT2D eigenvalue weighted by Crippen LogP contribution is 2.38. The smallest absolute Gasteiger partial charge is 0.258 e. The Labute approximate surface area is 162 Å². The molecule has 1 fully saturated rings. The van der Waals surface area contributed by atoms with Crippen LogP contribution in [-0.4, -0.2) is 28.7 Å². The predicted octanol–water partition coefficient (Wildman–Crippen LogP) is 3.38. The van der Waals surface area contributed by atoms with Crippen LogP contribution in [0.2, 0.25) is 0 Å². The van der Waals surface area contributed by atoms with Crippen LogP contribution in [0.4, 0.5) is 4.39 Å². The molecule has 0 aliphatic heterocycles. The summed E-state index contributed by atoms with van der Waals surface area (Å²) < 4.78 is 18.4. The molecule has 1 heterocycles. The minimum Gasteiger partial charge on any atom is -0.484 e. The number of benzene rings is 2. The number of fused-ring (bicyclic) bond motifs is 1. The van der Waals surface area contributed by atoms with Crippen LogP contribution in [-0.2, 0) is 4.79 Å². The van der Waals surface area contributed by atoms with Crippen molar-refractivity contribution in [2.45, 2.75) is 25.0 Å². The van der Waals surface area contributed by atoms with Crippen molar-refractivity contribution >= 4 is 16.8 Å². The van der Waals surface area contributed by atoms with Crippen molar-refractivity contribution in [1.82, 2.24) is 10.3 Å². The molecule has 1 amide bonds. The Hall–Kier alpha value is -2.99. The number of aromatic nitrogens is 1. The maximum atomic E-state index is 13.0. The molecule has 2 aromatic carbocycles. The fourth-order valence-electron chi connectivity index (χ4n) is 3.53. The van der Waals surface area contributed by atoms with E-state index in [0.717, 1.165) is 16.5 Å². The maximum Gasteiger partial charge on any atom is 0.258 e. The number of pyridine rings is 1. The van der Waals surface area contributed by atoms with Crippen molar-refractivity contribution in [3.05, 3.63) is 72.2 Å². The Bertz CT molecular complexity index is 971. The molecule has 4 rings (SSSR count). The van der Waals surface area contributed by atoms with E-state index in [1.807, 2.05) is 30.3 Å². The van der Waals surface area contributed by atoms with Crippen LogP contribution >= 0.6 is 0 Å². The van der Waals surface area contributed by atoms with Crippen molar-refractivity contribution in [2.24, 2.45) is 5.92 Å². The van der Waals surface area contributed by atoms with Crippen LogP contribution in [0.1, 0.15) is 24.4 Å². The maximum absolute atomic E-state index is 13.0. The van der Waals surface area contributed by atoms with Gasteiger partial charge in [-0.3, -0.25) is 9.78 Å². The third kappa shape index (κ3) is 4.12. The zero-order valence-corrected chi connectivity index (χ0v) is 15.2. The van der Waals surface area contributed by atoms with E-state index in [0.29, 0.717) is 18.6 Å². The first-order valence-corrected chi connectivity index (χ1v) is 9.29. The van der Waals surface area contributed by atoms with E-state index in [1.165, 1.54) is 24.3 Å². The average Bonchev–Trinajstić information content (AvgIpc) is 2.69. The molecule has 28 heavy (non-hydrogen) atoms. The molecule has 144 valence electrons. The van der Waals surface area contributed by atoms with Crippen molar-refractivity contribution in [2.75, 3.05) is 6.61 Å². The predicted molar refractivity (Wildman–Crippen MR) is 103 cm³/mol. The Morgan fingerprint density at radius 1 is 1.21 bits per heavy atom. The fraction of sp³-hybridized carbons (Fsp3) is 0.273. The van der Waals surface area contributed by atoms with E-state index in [-0.39, 0.29) is 36.4 Å². The molecule has 0 saturated heterocycles. The van der Waals surface area contributed by atoms with Gasteiger partial charge < -0.3 is 15.2 Å². The van der Waals surface area contributed by atoms with E-state index in [1.54, 1.807) is 6.20 Å². The van der Waals surface area contributed by atoms with Crippen molar-refractivity contribution < 1.29 is 19.0 Å². The molecular formula is C22H21FN2O3. The molecule has 1 aromatic heterocycles. The quantitative estimate of drug-likeness (QED) is 0.688. The standard InChI is InChI=1S/C22H21FN2O3/c23-17-5-7-19(8-6-17)28-13-21(27)25-22(15-10-18(26)11-15)16-9-14-3-1-2-4-20(14)24-12-16/h1-9,12,15,18,22,26H,10-11,13H2,(H,25,27). The highest BCUT2D eigenvalue weighted by Gasteiger charge is 2.36. The van der Waals surface area contributed by atoms with E-state index < -0.39 is 0 Å². The number of rotatable bonds is 6. The van der Waals surface area contributed by atoms with E-state index in [9.17, 15) is 14.3 Å². The topological polar surface area (TPSA) is 71.5 Å². The number of carbonyl (C=O) groups excluding carboxylic acids is 1. The van der Waals surface area contributed by atoms with Crippen LogP contribution in [0, 0.1) is 11.7 Å². The van der Waals surface area contributed by atoms with Gasteiger partial charge in [0, 0.05) is 11.6 Å². The van der Waals surface area contributed by atoms with Crippen LogP contribution in [0.3, 0.4) is 0 Å². The zero-order chi connectivity index (χ0) is 19.5. The number of nitrogens with one attached hydrogen (secondary N) is 1. The third-order valence-electron chi connectivity index (χ3n) is 5.09. The summed E-state index contributed by atoms with van der Waals surface area (Å²) in [7, 11) is 0. The minimum absolute atomic E-state index is 0.146. The van der Waals surface area contributed by atoms with Crippen LogP contribution in [0.25, 0.3) is 10.9 Å². The molecule has 0 radical (unpaired) electrons. The first kappa shape index (κ1) is 18.4. The lowest BCUT2D eigenvalue weighted by Crippen LogP contribution is -2.42. The number of amides is 1. The second kappa shape index (κ2) is 7.94. The summed E-state index contributed by atoms with van der Waals surface area (Å²) in [6.07, 6.45) is 2.72. The summed E-state index contributed by atoms with van der Waals surface area (Å²) in [6.45, 7) is -0.168. The van der Waals surface area contributed by atoms with Gasteiger partial charge in [-0.05, 0) is 60.7 Å². The van der Waals surface area contributed by atoms with Crippen LogP contribution in [0.5, 0.6) is 5.75 Å². The van der Waals surface area contributed by atoms with E-state index in [2.05, 4.69) is 10.3 Å². The first-order chi connectivity index (χ1) is 13.6. The SMILES string of the molecule is O=C(COc1ccc(F)cc1)NC(c1cnc2ccccc2c1)C1CC(O)C1. The Morgan fingerprint density at radius 2 is 1.96 bits per heavy atom. The number of ether oxygens (including phenoxy) is 1. The summed E-state index contributed by atoms with van der Waals surface area (Å²) in [5.74, 6) is -0.0552. The molecule has 1 aliphatic rings.